The molecule has 1 amide bonds. The van der Waals surface area contributed by atoms with Gasteiger partial charge in [0.1, 0.15) is 0 Å². The molecule has 1 saturated heterocycles. The van der Waals surface area contributed by atoms with E-state index in [1.807, 2.05) is 23.4 Å². The molecule has 1 atom stereocenters. The maximum absolute atomic E-state index is 12.0. The van der Waals surface area contributed by atoms with Crippen LogP contribution in [0.2, 0.25) is 0 Å². The summed E-state index contributed by atoms with van der Waals surface area (Å²) in [7, 11) is 0. The van der Waals surface area contributed by atoms with Crippen LogP contribution >= 0.6 is 11.8 Å². The Kier molecular flexibility index (Phi) is 4.52. The van der Waals surface area contributed by atoms with Gasteiger partial charge in [0.2, 0.25) is 5.91 Å². The van der Waals surface area contributed by atoms with Crippen molar-refractivity contribution in [2.24, 2.45) is 0 Å². The molecule has 0 aromatic carbocycles. The monoisotopic (exact) mass is 295 g/mol. The van der Waals surface area contributed by atoms with Crippen LogP contribution < -0.4 is 0 Å². The summed E-state index contributed by atoms with van der Waals surface area (Å²) in [5.74, 6) is 0.131. The first-order valence-corrected chi connectivity index (χ1v) is 7.78. The summed E-state index contributed by atoms with van der Waals surface area (Å²) in [6, 6.07) is 0. The number of aryl methyl sites for hydroxylation is 2. The summed E-state index contributed by atoms with van der Waals surface area (Å²) in [5, 5.41) is 4.66. The van der Waals surface area contributed by atoms with Crippen LogP contribution in [0.15, 0.2) is 0 Å². The fourth-order valence-corrected chi connectivity index (χ4v) is 3.61. The molecule has 0 spiro atoms. The third-order valence-electron chi connectivity index (χ3n) is 3.69. The van der Waals surface area contributed by atoms with Crippen LogP contribution in [-0.2, 0) is 22.7 Å². The normalized spacial score (nSPS) is 18.9. The molecule has 0 aliphatic carbocycles. The second-order valence-electron chi connectivity index (χ2n) is 5.17. The molecular formula is C14H21N3O2S. The fraction of sp³-hybridized carbons (Fsp3) is 0.643. The fourth-order valence-electron chi connectivity index (χ4n) is 2.66. The lowest BCUT2D eigenvalue weighted by molar-refractivity contribution is -0.128. The number of carbonyl (C=O) groups is 2. The van der Waals surface area contributed by atoms with Gasteiger partial charge in [-0.05, 0) is 20.8 Å². The van der Waals surface area contributed by atoms with Crippen LogP contribution in [0.5, 0.6) is 0 Å². The quantitative estimate of drug-likeness (QED) is 0.851. The van der Waals surface area contributed by atoms with Crippen molar-refractivity contribution in [1.82, 2.24) is 14.7 Å². The van der Waals surface area contributed by atoms with Gasteiger partial charge in [-0.1, -0.05) is 11.8 Å². The Labute approximate surface area is 123 Å². The van der Waals surface area contributed by atoms with E-state index >= 15 is 0 Å². The third kappa shape index (κ3) is 3.06. The number of carbonyl (C=O) groups excluding carboxylic acids is 2. The highest BCUT2D eigenvalue weighted by Gasteiger charge is 2.31. The van der Waals surface area contributed by atoms with Crippen molar-refractivity contribution in [3.63, 3.8) is 0 Å². The zero-order valence-corrected chi connectivity index (χ0v) is 13.3. The summed E-state index contributed by atoms with van der Waals surface area (Å²) in [6.45, 7) is 9.73. The Morgan fingerprint density at radius 1 is 1.45 bits per heavy atom. The first-order valence-electron chi connectivity index (χ1n) is 6.90. The van der Waals surface area contributed by atoms with Crippen LogP contribution in [0.1, 0.15) is 37.2 Å². The highest BCUT2D eigenvalue weighted by Crippen LogP contribution is 2.26. The van der Waals surface area contributed by atoms with E-state index in [9.17, 15) is 9.59 Å². The molecule has 20 heavy (non-hydrogen) atoms. The zero-order valence-electron chi connectivity index (χ0n) is 12.5. The lowest BCUT2D eigenvalue weighted by Gasteiger charge is -2.16. The van der Waals surface area contributed by atoms with Crippen LogP contribution in [0, 0.1) is 13.8 Å². The molecule has 0 saturated carbocycles. The van der Waals surface area contributed by atoms with Crippen molar-refractivity contribution in [3.05, 3.63) is 17.0 Å². The van der Waals surface area contributed by atoms with Gasteiger partial charge in [0.05, 0.1) is 5.69 Å². The Morgan fingerprint density at radius 3 is 2.70 bits per heavy atom. The molecule has 6 heteroatoms. The average molecular weight is 295 g/mol. The lowest BCUT2D eigenvalue weighted by atomic mass is 10.2. The highest BCUT2D eigenvalue weighted by atomic mass is 32.2. The van der Waals surface area contributed by atoms with Gasteiger partial charge in [0.15, 0.2) is 5.12 Å². The van der Waals surface area contributed by atoms with Crippen molar-refractivity contribution in [3.8, 4) is 0 Å². The van der Waals surface area contributed by atoms with Gasteiger partial charge in [0.25, 0.3) is 0 Å². The minimum absolute atomic E-state index is 0.0795. The highest BCUT2D eigenvalue weighted by molar-refractivity contribution is 8.14. The van der Waals surface area contributed by atoms with E-state index in [2.05, 4.69) is 12.0 Å². The topological polar surface area (TPSA) is 55.2 Å². The smallest absolute Gasteiger partial charge is 0.224 e. The molecule has 5 nitrogen and oxygen atoms in total. The molecule has 1 aromatic rings. The number of nitrogens with zero attached hydrogens (tertiary/aromatic N) is 3. The second kappa shape index (κ2) is 5.99. The summed E-state index contributed by atoms with van der Waals surface area (Å²) >= 11 is 1.28. The van der Waals surface area contributed by atoms with Crippen molar-refractivity contribution in [1.29, 1.82) is 0 Å². The standard InChI is InChI=1S/C14H21N3O2S/c1-5-17-10(3)13(9(2)15-17)8-16-7-12(6-14(16)19)20-11(4)18/h12H,5-8H2,1-4H3. The SMILES string of the molecule is CCn1nc(C)c(CN2CC(SC(C)=O)CC2=O)c1C. The molecule has 1 aliphatic heterocycles. The van der Waals surface area contributed by atoms with E-state index < -0.39 is 0 Å². The van der Waals surface area contributed by atoms with Gasteiger partial charge in [-0.3, -0.25) is 14.3 Å². The number of hydrogen-bond acceptors (Lipinski definition) is 4. The average Bonchev–Trinajstić information content (AvgIpc) is 2.83. The Balaban J connectivity index is 2.09. The predicted molar refractivity (Wildman–Crippen MR) is 79.5 cm³/mol. The summed E-state index contributed by atoms with van der Waals surface area (Å²) in [6.07, 6.45) is 0.463. The van der Waals surface area contributed by atoms with Crippen molar-refractivity contribution in [2.45, 2.75) is 52.5 Å². The Bertz CT molecular complexity index is 539. The van der Waals surface area contributed by atoms with E-state index in [1.165, 1.54) is 11.8 Å². The molecule has 110 valence electrons. The van der Waals surface area contributed by atoms with Crippen LogP contribution in [0.4, 0.5) is 0 Å². The molecule has 1 fully saturated rings. The predicted octanol–water partition coefficient (Wildman–Crippen LogP) is 1.90. The number of aromatic nitrogens is 2. The maximum atomic E-state index is 12.0. The molecule has 1 unspecified atom stereocenters. The zero-order chi connectivity index (χ0) is 14.9. The second-order valence-corrected chi connectivity index (χ2v) is 6.65. The van der Waals surface area contributed by atoms with Gasteiger partial charge in [-0.15, -0.1) is 0 Å². The molecule has 0 bridgehead atoms. The van der Waals surface area contributed by atoms with Crippen LogP contribution in [0.25, 0.3) is 0 Å². The summed E-state index contributed by atoms with van der Waals surface area (Å²) < 4.78 is 1.97. The van der Waals surface area contributed by atoms with Gasteiger partial charge in [-0.2, -0.15) is 5.10 Å². The molecule has 1 aliphatic rings. The van der Waals surface area contributed by atoms with Gasteiger partial charge in [0, 0.05) is 49.5 Å². The Hall–Kier alpha value is -1.30. The Morgan fingerprint density at radius 2 is 2.15 bits per heavy atom. The van der Waals surface area contributed by atoms with E-state index in [0.29, 0.717) is 19.5 Å². The molecular weight excluding hydrogens is 274 g/mol. The number of thioether (sulfide) groups is 1. The molecule has 2 rings (SSSR count). The number of hydrogen-bond donors (Lipinski definition) is 0. The maximum Gasteiger partial charge on any atom is 0.224 e. The first-order chi connectivity index (χ1) is 9.42. The minimum Gasteiger partial charge on any atom is -0.337 e. The van der Waals surface area contributed by atoms with E-state index in [4.69, 9.17) is 0 Å². The van der Waals surface area contributed by atoms with Gasteiger partial charge >= 0.3 is 0 Å². The van der Waals surface area contributed by atoms with E-state index in [-0.39, 0.29) is 16.3 Å². The summed E-state index contributed by atoms with van der Waals surface area (Å²) in [5.41, 5.74) is 3.24. The number of rotatable bonds is 4. The van der Waals surface area contributed by atoms with Crippen molar-refractivity contribution >= 4 is 22.8 Å². The third-order valence-corrected chi connectivity index (χ3v) is 4.67. The minimum atomic E-state index is 0.0795. The van der Waals surface area contributed by atoms with Gasteiger partial charge in [-0.25, -0.2) is 0 Å². The van der Waals surface area contributed by atoms with Gasteiger partial charge < -0.3 is 4.90 Å². The summed E-state index contributed by atoms with van der Waals surface area (Å²) in [4.78, 5) is 25.0. The lowest BCUT2D eigenvalue weighted by Crippen LogP contribution is -2.25. The molecule has 1 aromatic heterocycles. The van der Waals surface area contributed by atoms with E-state index in [1.54, 1.807) is 6.92 Å². The van der Waals surface area contributed by atoms with E-state index in [0.717, 1.165) is 23.5 Å². The van der Waals surface area contributed by atoms with Crippen molar-refractivity contribution in [2.75, 3.05) is 6.54 Å². The largest absolute Gasteiger partial charge is 0.337 e. The molecule has 0 N–H and O–H groups in total. The first kappa shape index (κ1) is 15.1. The van der Waals surface area contributed by atoms with Crippen LogP contribution in [0.3, 0.4) is 0 Å². The number of amides is 1. The molecule has 2 heterocycles. The van der Waals surface area contributed by atoms with Crippen LogP contribution in [-0.4, -0.2) is 37.5 Å². The molecule has 0 radical (unpaired) electrons. The number of likely N-dealkylation sites (tertiary alicyclic amines) is 1. The van der Waals surface area contributed by atoms with Crippen molar-refractivity contribution < 1.29 is 9.59 Å².